The van der Waals surface area contributed by atoms with Crippen LogP contribution in [0.5, 0.6) is 0 Å². The number of anilines is 1. The highest BCUT2D eigenvalue weighted by molar-refractivity contribution is 5.42. The van der Waals surface area contributed by atoms with Gasteiger partial charge in [0.1, 0.15) is 5.82 Å². The van der Waals surface area contributed by atoms with Gasteiger partial charge in [-0.25, -0.2) is 4.98 Å². The molecule has 1 saturated heterocycles. The normalized spacial score (nSPS) is 25.1. The minimum Gasteiger partial charge on any atom is -0.372 e. The van der Waals surface area contributed by atoms with Crippen LogP contribution in [0.25, 0.3) is 0 Å². The largest absolute Gasteiger partial charge is 0.372 e. The van der Waals surface area contributed by atoms with Crippen LogP contribution in [0.4, 0.5) is 5.82 Å². The van der Waals surface area contributed by atoms with Gasteiger partial charge >= 0.3 is 0 Å². The lowest BCUT2D eigenvalue weighted by Gasteiger charge is -2.36. The lowest BCUT2D eigenvalue weighted by molar-refractivity contribution is -0.00546. The Morgan fingerprint density at radius 2 is 1.94 bits per heavy atom. The zero-order valence-electron chi connectivity index (χ0n) is 11.2. The Kier molecular flexibility index (Phi) is 3.67. The molecule has 2 unspecified atom stereocenters. The van der Waals surface area contributed by atoms with E-state index < -0.39 is 0 Å². The van der Waals surface area contributed by atoms with Crippen molar-refractivity contribution < 1.29 is 4.74 Å². The molecule has 2 atom stereocenters. The Balaban J connectivity index is 2.19. The van der Waals surface area contributed by atoms with E-state index in [0.717, 1.165) is 31.0 Å². The highest BCUT2D eigenvalue weighted by Crippen LogP contribution is 2.20. The molecule has 0 bridgehead atoms. The smallest absolute Gasteiger partial charge is 0.128 e. The van der Waals surface area contributed by atoms with Gasteiger partial charge in [0.15, 0.2) is 0 Å². The van der Waals surface area contributed by atoms with Crippen molar-refractivity contribution in [3.63, 3.8) is 0 Å². The average Bonchev–Trinajstić information content (AvgIpc) is 2.27. The van der Waals surface area contributed by atoms with Gasteiger partial charge in [-0.1, -0.05) is 13.0 Å². The van der Waals surface area contributed by atoms with E-state index in [-0.39, 0.29) is 12.2 Å². The molecular formula is C14H22N2O. The molecule has 2 rings (SSSR count). The summed E-state index contributed by atoms with van der Waals surface area (Å²) >= 11 is 0. The first-order chi connectivity index (χ1) is 8.10. The van der Waals surface area contributed by atoms with Crippen LogP contribution in [-0.4, -0.2) is 30.3 Å². The van der Waals surface area contributed by atoms with Crippen molar-refractivity contribution in [1.82, 2.24) is 4.98 Å². The predicted molar refractivity (Wildman–Crippen MR) is 70.6 cm³/mol. The van der Waals surface area contributed by atoms with Crippen LogP contribution in [0, 0.1) is 6.92 Å². The second kappa shape index (κ2) is 5.05. The van der Waals surface area contributed by atoms with Gasteiger partial charge in [0, 0.05) is 18.8 Å². The van der Waals surface area contributed by atoms with Crippen molar-refractivity contribution in [3.05, 3.63) is 23.4 Å². The van der Waals surface area contributed by atoms with E-state index in [4.69, 9.17) is 9.72 Å². The molecule has 3 nitrogen and oxygen atoms in total. The van der Waals surface area contributed by atoms with Crippen LogP contribution in [0.1, 0.15) is 32.0 Å². The zero-order valence-corrected chi connectivity index (χ0v) is 11.2. The highest BCUT2D eigenvalue weighted by Gasteiger charge is 2.23. The van der Waals surface area contributed by atoms with Crippen LogP contribution in [0.3, 0.4) is 0 Å². The third-order valence-corrected chi connectivity index (χ3v) is 3.31. The van der Waals surface area contributed by atoms with Crippen molar-refractivity contribution in [2.45, 2.75) is 46.3 Å². The van der Waals surface area contributed by atoms with E-state index >= 15 is 0 Å². The molecule has 0 radical (unpaired) electrons. The van der Waals surface area contributed by atoms with Crippen LogP contribution in [0.2, 0.25) is 0 Å². The maximum absolute atomic E-state index is 5.74. The molecule has 1 aromatic heterocycles. The molecule has 0 aromatic carbocycles. The lowest BCUT2D eigenvalue weighted by Crippen LogP contribution is -2.45. The molecule has 17 heavy (non-hydrogen) atoms. The van der Waals surface area contributed by atoms with Gasteiger partial charge in [0.25, 0.3) is 0 Å². The Hall–Kier alpha value is -1.09. The monoisotopic (exact) mass is 234 g/mol. The molecule has 0 amide bonds. The lowest BCUT2D eigenvalue weighted by atomic mass is 10.1. The number of aryl methyl sites for hydroxylation is 2. The summed E-state index contributed by atoms with van der Waals surface area (Å²) in [4.78, 5) is 7.03. The molecule has 1 fully saturated rings. The Morgan fingerprint density at radius 3 is 2.47 bits per heavy atom. The number of nitrogens with zero attached hydrogens (tertiary/aromatic N) is 2. The fraction of sp³-hybridized carbons (Fsp3) is 0.643. The van der Waals surface area contributed by atoms with Crippen LogP contribution >= 0.6 is 0 Å². The third-order valence-electron chi connectivity index (χ3n) is 3.31. The van der Waals surface area contributed by atoms with E-state index in [9.17, 15) is 0 Å². The number of rotatable bonds is 2. The van der Waals surface area contributed by atoms with Crippen LogP contribution in [0.15, 0.2) is 12.1 Å². The van der Waals surface area contributed by atoms with Gasteiger partial charge < -0.3 is 9.64 Å². The molecule has 3 heteroatoms. The molecule has 0 spiro atoms. The first kappa shape index (κ1) is 12.4. The first-order valence-electron chi connectivity index (χ1n) is 6.47. The predicted octanol–water partition coefficient (Wildman–Crippen LogP) is 2.57. The topological polar surface area (TPSA) is 25.4 Å². The summed E-state index contributed by atoms with van der Waals surface area (Å²) in [7, 11) is 0. The Bertz CT molecular complexity index is 382. The van der Waals surface area contributed by atoms with Gasteiger partial charge in [-0.2, -0.15) is 0 Å². The van der Waals surface area contributed by atoms with Crippen LogP contribution in [-0.2, 0) is 11.2 Å². The van der Waals surface area contributed by atoms with Crippen molar-refractivity contribution in [2.75, 3.05) is 18.0 Å². The Labute approximate surface area is 104 Å². The molecule has 0 saturated carbocycles. The molecule has 94 valence electrons. The van der Waals surface area contributed by atoms with Crippen molar-refractivity contribution in [1.29, 1.82) is 0 Å². The molecule has 0 aliphatic carbocycles. The number of aromatic nitrogens is 1. The van der Waals surface area contributed by atoms with Gasteiger partial charge in [0.2, 0.25) is 0 Å². The van der Waals surface area contributed by atoms with Gasteiger partial charge in [-0.3, -0.25) is 0 Å². The molecule has 1 aromatic rings. The van der Waals surface area contributed by atoms with Crippen molar-refractivity contribution in [2.24, 2.45) is 0 Å². The summed E-state index contributed by atoms with van der Waals surface area (Å²) < 4.78 is 5.74. The second-order valence-corrected chi connectivity index (χ2v) is 4.93. The molecule has 2 heterocycles. The number of ether oxygens (including phenoxy) is 1. The summed E-state index contributed by atoms with van der Waals surface area (Å²) in [5.41, 5.74) is 2.49. The number of hydrogen-bond acceptors (Lipinski definition) is 3. The van der Waals surface area contributed by atoms with Gasteiger partial charge in [-0.05, 0) is 38.8 Å². The summed E-state index contributed by atoms with van der Waals surface area (Å²) in [6.45, 7) is 10.4. The van der Waals surface area contributed by atoms with E-state index in [1.54, 1.807) is 0 Å². The summed E-state index contributed by atoms with van der Waals surface area (Å²) in [5.74, 6) is 1.08. The highest BCUT2D eigenvalue weighted by atomic mass is 16.5. The number of hydrogen-bond donors (Lipinski definition) is 0. The minimum atomic E-state index is 0.284. The fourth-order valence-corrected chi connectivity index (χ4v) is 2.49. The maximum atomic E-state index is 5.74. The zero-order chi connectivity index (χ0) is 12.4. The quantitative estimate of drug-likeness (QED) is 0.786. The maximum Gasteiger partial charge on any atom is 0.128 e. The van der Waals surface area contributed by atoms with Crippen LogP contribution < -0.4 is 4.90 Å². The van der Waals surface area contributed by atoms with E-state index in [0.29, 0.717) is 0 Å². The minimum absolute atomic E-state index is 0.284. The van der Waals surface area contributed by atoms with Gasteiger partial charge in [0.05, 0.1) is 12.2 Å². The number of morpholine rings is 1. The third kappa shape index (κ3) is 2.78. The fourth-order valence-electron chi connectivity index (χ4n) is 2.49. The average molecular weight is 234 g/mol. The second-order valence-electron chi connectivity index (χ2n) is 4.93. The first-order valence-corrected chi connectivity index (χ1v) is 6.47. The summed E-state index contributed by atoms with van der Waals surface area (Å²) in [6, 6.07) is 4.33. The van der Waals surface area contributed by atoms with Crippen molar-refractivity contribution in [3.8, 4) is 0 Å². The molecule has 1 aliphatic rings. The van der Waals surface area contributed by atoms with E-state index in [2.05, 4.69) is 44.7 Å². The van der Waals surface area contributed by atoms with E-state index in [1.807, 2.05) is 0 Å². The summed E-state index contributed by atoms with van der Waals surface area (Å²) in [5, 5.41) is 0. The SMILES string of the molecule is CCc1ccc(N2CC(C)OC(C)C2)nc1C. The Morgan fingerprint density at radius 1 is 1.29 bits per heavy atom. The molecule has 0 N–H and O–H groups in total. The molecular weight excluding hydrogens is 212 g/mol. The van der Waals surface area contributed by atoms with Crippen molar-refractivity contribution >= 4 is 5.82 Å². The van der Waals surface area contributed by atoms with E-state index in [1.165, 1.54) is 5.56 Å². The summed E-state index contributed by atoms with van der Waals surface area (Å²) in [6.07, 6.45) is 1.62. The standard InChI is InChI=1S/C14H22N2O/c1-5-13-6-7-14(15-12(13)4)16-8-10(2)17-11(3)9-16/h6-7,10-11H,5,8-9H2,1-4H3. The molecule has 1 aliphatic heterocycles. The van der Waals surface area contributed by atoms with Gasteiger partial charge in [-0.15, -0.1) is 0 Å². The number of pyridine rings is 1.